The summed E-state index contributed by atoms with van der Waals surface area (Å²) in [6, 6.07) is 10.7. The molecule has 0 aliphatic heterocycles. The Morgan fingerprint density at radius 2 is 1.88 bits per heavy atom. The van der Waals surface area contributed by atoms with E-state index in [1.807, 2.05) is 0 Å². The van der Waals surface area contributed by atoms with Crippen molar-refractivity contribution in [2.24, 2.45) is 0 Å². The number of aryl methyl sites for hydroxylation is 1. The Kier molecular flexibility index (Phi) is 6.80. The van der Waals surface area contributed by atoms with Crippen LogP contribution in [0.2, 0.25) is 5.02 Å². The molecule has 26 heavy (non-hydrogen) atoms. The van der Waals surface area contributed by atoms with Crippen LogP contribution >= 0.6 is 11.6 Å². The zero-order chi connectivity index (χ0) is 19.1. The molecule has 0 aliphatic carbocycles. The van der Waals surface area contributed by atoms with Gasteiger partial charge in [0.2, 0.25) is 0 Å². The van der Waals surface area contributed by atoms with Gasteiger partial charge in [-0.2, -0.15) is 0 Å². The van der Waals surface area contributed by atoms with Crippen LogP contribution < -0.4 is 20.3 Å². The normalized spacial score (nSPS) is 11.4. The van der Waals surface area contributed by atoms with E-state index in [2.05, 4.69) is 10.9 Å². The average Bonchev–Trinajstić information content (AvgIpc) is 2.60. The molecule has 2 rings (SSSR count). The quantitative estimate of drug-likeness (QED) is 0.755. The smallest absolute Gasteiger partial charge is 0.279 e. The van der Waals surface area contributed by atoms with Gasteiger partial charge in [0.25, 0.3) is 11.8 Å². The topological polar surface area (TPSA) is 76.7 Å². The van der Waals surface area contributed by atoms with E-state index in [4.69, 9.17) is 21.1 Å². The number of halogens is 2. The highest BCUT2D eigenvalue weighted by atomic mass is 35.5. The monoisotopic (exact) mass is 380 g/mol. The zero-order valence-corrected chi connectivity index (χ0v) is 15.0. The highest BCUT2D eigenvalue weighted by Gasteiger charge is 2.17. The highest BCUT2D eigenvalue weighted by Crippen LogP contribution is 2.21. The van der Waals surface area contributed by atoms with Crippen molar-refractivity contribution in [1.29, 1.82) is 0 Å². The Morgan fingerprint density at radius 3 is 2.58 bits per heavy atom. The molecule has 0 aliphatic rings. The van der Waals surface area contributed by atoms with E-state index in [1.165, 1.54) is 25.1 Å². The van der Waals surface area contributed by atoms with Crippen LogP contribution in [0, 0.1) is 12.7 Å². The van der Waals surface area contributed by atoms with Gasteiger partial charge in [0, 0.05) is 5.02 Å². The molecule has 2 aromatic carbocycles. The molecule has 0 saturated carbocycles. The van der Waals surface area contributed by atoms with Gasteiger partial charge in [-0.25, -0.2) is 4.39 Å². The second kappa shape index (κ2) is 9.05. The molecule has 0 bridgehead atoms. The molecule has 2 amide bonds. The summed E-state index contributed by atoms with van der Waals surface area (Å²) >= 11 is 5.84. The fraction of sp³-hybridized carbons (Fsp3) is 0.222. The number of ether oxygens (including phenoxy) is 2. The predicted octanol–water partition coefficient (Wildman–Crippen LogP) is 2.78. The lowest BCUT2D eigenvalue weighted by Crippen LogP contribution is -2.48. The van der Waals surface area contributed by atoms with Crippen molar-refractivity contribution in [3.05, 3.63) is 58.9 Å². The van der Waals surface area contributed by atoms with Crippen LogP contribution in [0.3, 0.4) is 0 Å². The highest BCUT2D eigenvalue weighted by molar-refractivity contribution is 6.30. The number of nitrogens with one attached hydrogen (secondary N) is 2. The fourth-order valence-corrected chi connectivity index (χ4v) is 2.20. The first-order valence-corrected chi connectivity index (χ1v) is 8.13. The summed E-state index contributed by atoms with van der Waals surface area (Å²) in [4.78, 5) is 23.7. The molecule has 0 unspecified atom stereocenters. The summed E-state index contributed by atoms with van der Waals surface area (Å²) in [7, 11) is 0. The number of hydrogen-bond donors (Lipinski definition) is 2. The van der Waals surface area contributed by atoms with E-state index in [-0.39, 0.29) is 12.4 Å². The molecule has 0 spiro atoms. The lowest BCUT2D eigenvalue weighted by Gasteiger charge is -2.15. The Labute approximate surface area is 155 Å². The van der Waals surface area contributed by atoms with E-state index in [9.17, 15) is 14.0 Å². The summed E-state index contributed by atoms with van der Waals surface area (Å²) in [5, 5.41) is 0.565. The van der Waals surface area contributed by atoms with Crippen LogP contribution in [0.5, 0.6) is 11.5 Å². The van der Waals surface area contributed by atoms with Gasteiger partial charge in [-0.1, -0.05) is 23.7 Å². The molecule has 0 radical (unpaired) electrons. The van der Waals surface area contributed by atoms with Crippen LogP contribution in [0.4, 0.5) is 4.39 Å². The average molecular weight is 381 g/mol. The van der Waals surface area contributed by atoms with Crippen LogP contribution in [-0.4, -0.2) is 24.5 Å². The first kappa shape index (κ1) is 19.5. The van der Waals surface area contributed by atoms with Crippen LogP contribution in [0.1, 0.15) is 12.5 Å². The van der Waals surface area contributed by atoms with Gasteiger partial charge in [0.05, 0.1) is 0 Å². The summed E-state index contributed by atoms with van der Waals surface area (Å²) in [5.41, 5.74) is 5.18. The second-order valence-corrected chi connectivity index (χ2v) is 5.86. The Balaban J connectivity index is 1.77. The maximum absolute atomic E-state index is 13.5. The molecule has 6 nitrogen and oxygen atoms in total. The molecule has 0 saturated heterocycles. The molecular weight excluding hydrogens is 363 g/mol. The Hall–Kier alpha value is -2.80. The molecule has 0 aromatic heterocycles. The van der Waals surface area contributed by atoms with E-state index in [0.717, 1.165) is 5.56 Å². The number of rotatable bonds is 6. The lowest BCUT2D eigenvalue weighted by atomic mass is 10.2. The largest absolute Gasteiger partial charge is 0.483 e. The van der Waals surface area contributed by atoms with E-state index < -0.39 is 23.7 Å². The summed E-state index contributed by atoms with van der Waals surface area (Å²) in [5.74, 6) is -1.33. The van der Waals surface area contributed by atoms with E-state index in [0.29, 0.717) is 10.8 Å². The third kappa shape index (κ3) is 5.63. The van der Waals surface area contributed by atoms with Gasteiger partial charge in [-0.05, 0) is 49.7 Å². The second-order valence-electron chi connectivity index (χ2n) is 5.43. The van der Waals surface area contributed by atoms with Crippen LogP contribution in [0.15, 0.2) is 42.5 Å². The van der Waals surface area contributed by atoms with Crippen molar-refractivity contribution in [2.75, 3.05) is 6.61 Å². The minimum atomic E-state index is -1.01. The van der Waals surface area contributed by atoms with Crippen molar-refractivity contribution < 1.29 is 23.5 Å². The number of hydrogen-bond acceptors (Lipinski definition) is 4. The number of carbonyl (C=O) groups is 2. The molecule has 138 valence electrons. The zero-order valence-electron chi connectivity index (χ0n) is 14.2. The maximum atomic E-state index is 13.5. The number of benzene rings is 2. The van der Waals surface area contributed by atoms with Crippen molar-refractivity contribution in [3.8, 4) is 11.5 Å². The van der Waals surface area contributed by atoms with Gasteiger partial charge in [-0.15, -0.1) is 0 Å². The molecular formula is C18H18ClFN2O4. The summed E-state index contributed by atoms with van der Waals surface area (Å²) in [6.45, 7) is 2.93. The molecule has 2 N–H and O–H groups in total. The number of hydrazine groups is 1. The van der Waals surface area contributed by atoms with Gasteiger partial charge in [-0.3, -0.25) is 20.4 Å². The SMILES string of the molecule is Cc1cc(Cl)ccc1OCC(=O)NNC(=O)[C@@H](C)Oc1ccccc1F. The Morgan fingerprint density at radius 1 is 1.15 bits per heavy atom. The molecule has 2 aromatic rings. The first-order valence-electron chi connectivity index (χ1n) is 7.75. The van der Waals surface area contributed by atoms with E-state index in [1.54, 1.807) is 31.2 Å². The predicted molar refractivity (Wildman–Crippen MR) is 94.5 cm³/mol. The molecule has 0 heterocycles. The van der Waals surface area contributed by atoms with Crippen molar-refractivity contribution in [2.45, 2.75) is 20.0 Å². The van der Waals surface area contributed by atoms with Crippen molar-refractivity contribution in [1.82, 2.24) is 10.9 Å². The number of carbonyl (C=O) groups excluding carboxylic acids is 2. The molecule has 0 fully saturated rings. The third-order valence-corrected chi connectivity index (χ3v) is 3.57. The first-order chi connectivity index (χ1) is 12.4. The third-order valence-electron chi connectivity index (χ3n) is 3.33. The van der Waals surface area contributed by atoms with Gasteiger partial charge < -0.3 is 9.47 Å². The Bertz CT molecular complexity index is 801. The fourth-order valence-electron chi connectivity index (χ4n) is 1.97. The van der Waals surface area contributed by atoms with Crippen molar-refractivity contribution in [3.63, 3.8) is 0 Å². The van der Waals surface area contributed by atoms with Crippen LogP contribution in [0.25, 0.3) is 0 Å². The van der Waals surface area contributed by atoms with Gasteiger partial charge in [0.15, 0.2) is 24.3 Å². The lowest BCUT2D eigenvalue weighted by molar-refractivity contribution is -0.133. The summed E-state index contributed by atoms with van der Waals surface area (Å²) in [6.07, 6.45) is -1.01. The van der Waals surface area contributed by atoms with Gasteiger partial charge in [0.1, 0.15) is 5.75 Å². The summed E-state index contributed by atoms with van der Waals surface area (Å²) < 4.78 is 24.1. The standard InChI is InChI=1S/C18H18ClFN2O4/c1-11-9-13(19)7-8-15(11)25-10-17(23)21-22-18(24)12(2)26-16-6-4-3-5-14(16)20/h3-9,12H,10H2,1-2H3,(H,21,23)(H,22,24)/t12-/m1/s1. The maximum Gasteiger partial charge on any atom is 0.279 e. The molecule has 1 atom stereocenters. The minimum absolute atomic E-state index is 0.0528. The van der Waals surface area contributed by atoms with E-state index >= 15 is 0 Å². The van der Waals surface area contributed by atoms with Gasteiger partial charge >= 0.3 is 0 Å². The number of amides is 2. The molecule has 8 heteroatoms. The minimum Gasteiger partial charge on any atom is -0.483 e. The van der Waals surface area contributed by atoms with Crippen molar-refractivity contribution >= 4 is 23.4 Å². The van der Waals surface area contributed by atoms with Crippen LogP contribution in [-0.2, 0) is 9.59 Å². The number of para-hydroxylation sites is 1.